The molecule has 0 spiro atoms. The first-order chi connectivity index (χ1) is 4.83. The van der Waals surface area contributed by atoms with Crippen molar-refractivity contribution in [3.63, 3.8) is 0 Å². The first-order valence-corrected chi connectivity index (χ1v) is 4.90. The molecule has 0 N–H and O–H groups in total. The Bertz CT molecular complexity index is 122. The summed E-state index contributed by atoms with van der Waals surface area (Å²) >= 11 is 1.57. The lowest BCUT2D eigenvalue weighted by molar-refractivity contribution is -0.110. The molecule has 1 rings (SSSR count). The van der Waals surface area contributed by atoms with Gasteiger partial charge in [0.1, 0.15) is 0 Å². The van der Waals surface area contributed by atoms with E-state index in [1.807, 2.05) is 0 Å². The van der Waals surface area contributed by atoms with Gasteiger partial charge in [0.2, 0.25) is 0 Å². The third kappa shape index (κ3) is 2.33. The van der Waals surface area contributed by atoms with Gasteiger partial charge in [-0.3, -0.25) is 4.79 Å². The van der Waals surface area contributed by atoms with Crippen LogP contribution < -0.4 is 0 Å². The molecule has 1 nitrogen and oxygen atoms in total. The average Bonchev–Trinajstić information content (AvgIpc) is 2.31. The third-order valence-electron chi connectivity index (χ3n) is 1.85. The van der Waals surface area contributed by atoms with Gasteiger partial charge in [0.05, 0.1) is 0 Å². The van der Waals surface area contributed by atoms with Crippen LogP contribution in [0.5, 0.6) is 0 Å². The molecule has 2 heteroatoms. The molecule has 1 unspecified atom stereocenters. The fourth-order valence-electron chi connectivity index (χ4n) is 1.22. The molecular weight excluding hydrogens is 144 g/mol. The summed E-state index contributed by atoms with van der Waals surface area (Å²) in [5.74, 6) is 0. The molecule has 1 fully saturated rings. The monoisotopic (exact) mass is 158 g/mol. The second-order valence-corrected chi connectivity index (χ2v) is 4.15. The van der Waals surface area contributed by atoms with Crippen molar-refractivity contribution in [1.29, 1.82) is 0 Å². The third-order valence-corrected chi connectivity index (χ3v) is 3.12. The van der Waals surface area contributed by atoms with Crippen molar-refractivity contribution in [1.82, 2.24) is 0 Å². The summed E-state index contributed by atoms with van der Waals surface area (Å²) in [6, 6.07) is 0. The van der Waals surface area contributed by atoms with E-state index < -0.39 is 0 Å². The van der Waals surface area contributed by atoms with Crippen LogP contribution in [0.15, 0.2) is 0 Å². The minimum absolute atomic E-state index is 0.404. The minimum atomic E-state index is 0.404. The Morgan fingerprint density at radius 3 is 3.00 bits per heavy atom. The van der Waals surface area contributed by atoms with Crippen molar-refractivity contribution >= 4 is 16.9 Å². The molecule has 0 aromatic heterocycles. The fourth-order valence-corrected chi connectivity index (χ4v) is 2.35. The van der Waals surface area contributed by atoms with Gasteiger partial charge in [-0.25, -0.2) is 0 Å². The smallest absolute Gasteiger partial charge is 0.189 e. The Morgan fingerprint density at radius 1 is 1.70 bits per heavy atom. The van der Waals surface area contributed by atoms with Gasteiger partial charge in [-0.1, -0.05) is 31.5 Å². The van der Waals surface area contributed by atoms with Crippen molar-refractivity contribution in [3.8, 4) is 0 Å². The fraction of sp³-hybridized carbons (Fsp3) is 0.875. The molecule has 1 heterocycles. The maximum absolute atomic E-state index is 10.8. The van der Waals surface area contributed by atoms with E-state index in [1.165, 1.54) is 19.3 Å². The second kappa shape index (κ2) is 4.02. The predicted octanol–water partition coefficient (Wildman–Crippen LogP) is 2.60. The normalized spacial score (nSPS) is 25.7. The molecule has 0 aromatic rings. The van der Waals surface area contributed by atoms with Crippen molar-refractivity contribution in [3.05, 3.63) is 0 Å². The molecule has 0 radical (unpaired) electrons. The molecular formula is C8H14OS. The standard InChI is InChI=1S/C8H14OS/c1-2-3-4-7-5-6-8(9)10-7/h7H,2-6H2,1H3. The van der Waals surface area contributed by atoms with Gasteiger partial charge in [0, 0.05) is 11.7 Å². The van der Waals surface area contributed by atoms with Gasteiger partial charge in [-0.15, -0.1) is 0 Å². The molecule has 10 heavy (non-hydrogen) atoms. The number of unbranched alkanes of at least 4 members (excludes halogenated alkanes) is 1. The quantitative estimate of drug-likeness (QED) is 0.628. The van der Waals surface area contributed by atoms with Crippen LogP contribution in [0.4, 0.5) is 0 Å². The Kier molecular flexibility index (Phi) is 3.26. The summed E-state index contributed by atoms with van der Waals surface area (Å²) in [6.07, 6.45) is 5.73. The molecule has 1 aliphatic rings. The summed E-state index contributed by atoms with van der Waals surface area (Å²) in [7, 11) is 0. The zero-order valence-electron chi connectivity index (χ0n) is 6.43. The molecule has 0 aromatic carbocycles. The Hall–Kier alpha value is 0.0200. The van der Waals surface area contributed by atoms with Crippen molar-refractivity contribution in [2.24, 2.45) is 0 Å². The highest BCUT2D eigenvalue weighted by Crippen LogP contribution is 2.31. The van der Waals surface area contributed by atoms with Crippen molar-refractivity contribution in [2.75, 3.05) is 0 Å². The van der Waals surface area contributed by atoms with E-state index in [0.717, 1.165) is 12.8 Å². The Morgan fingerprint density at radius 2 is 2.50 bits per heavy atom. The minimum Gasteiger partial charge on any atom is -0.287 e. The first kappa shape index (κ1) is 8.12. The molecule has 0 amide bonds. The summed E-state index contributed by atoms with van der Waals surface area (Å²) in [5.41, 5.74) is 0. The van der Waals surface area contributed by atoms with Crippen molar-refractivity contribution < 1.29 is 4.79 Å². The molecule has 1 atom stereocenters. The summed E-state index contributed by atoms with van der Waals surface area (Å²) in [5, 5.41) is 1.06. The first-order valence-electron chi connectivity index (χ1n) is 4.02. The highest BCUT2D eigenvalue weighted by atomic mass is 32.2. The Balaban J connectivity index is 2.12. The molecule has 58 valence electrons. The van der Waals surface area contributed by atoms with Crippen LogP contribution >= 0.6 is 11.8 Å². The number of rotatable bonds is 3. The van der Waals surface area contributed by atoms with E-state index in [9.17, 15) is 4.79 Å². The second-order valence-electron chi connectivity index (χ2n) is 2.79. The summed E-state index contributed by atoms with van der Waals surface area (Å²) < 4.78 is 0. The molecule has 1 saturated heterocycles. The van der Waals surface area contributed by atoms with E-state index in [4.69, 9.17) is 0 Å². The largest absolute Gasteiger partial charge is 0.287 e. The summed E-state index contributed by atoms with van der Waals surface area (Å²) in [6.45, 7) is 2.20. The summed E-state index contributed by atoms with van der Waals surface area (Å²) in [4.78, 5) is 10.8. The molecule has 0 aliphatic carbocycles. The zero-order chi connectivity index (χ0) is 7.40. The van der Waals surface area contributed by atoms with Crippen LogP contribution in [-0.2, 0) is 4.79 Å². The van der Waals surface area contributed by atoms with Gasteiger partial charge in [-0.2, -0.15) is 0 Å². The van der Waals surface area contributed by atoms with E-state index in [-0.39, 0.29) is 0 Å². The van der Waals surface area contributed by atoms with Gasteiger partial charge < -0.3 is 0 Å². The van der Waals surface area contributed by atoms with Gasteiger partial charge in [0.25, 0.3) is 0 Å². The van der Waals surface area contributed by atoms with Gasteiger partial charge >= 0.3 is 0 Å². The van der Waals surface area contributed by atoms with Crippen LogP contribution in [0.2, 0.25) is 0 Å². The number of thioether (sulfide) groups is 1. The maximum atomic E-state index is 10.8. The highest BCUT2D eigenvalue weighted by molar-refractivity contribution is 8.14. The predicted molar refractivity (Wildman–Crippen MR) is 45.1 cm³/mol. The topological polar surface area (TPSA) is 17.1 Å². The molecule has 0 bridgehead atoms. The van der Waals surface area contributed by atoms with Crippen LogP contribution in [-0.4, -0.2) is 10.4 Å². The number of carbonyl (C=O) groups excluding carboxylic acids is 1. The lowest BCUT2D eigenvalue weighted by Crippen LogP contribution is -1.94. The van der Waals surface area contributed by atoms with Crippen LogP contribution in [0.25, 0.3) is 0 Å². The lowest BCUT2D eigenvalue weighted by Gasteiger charge is -2.03. The SMILES string of the molecule is CCCCC1CCC(=O)S1. The van der Waals surface area contributed by atoms with Gasteiger partial charge in [0.15, 0.2) is 5.12 Å². The lowest BCUT2D eigenvalue weighted by atomic mass is 10.1. The zero-order valence-corrected chi connectivity index (χ0v) is 7.25. The maximum Gasteiger partial charge on any atom is 0.189 e. The van der Waals surface area contributed by atoms with E-state index in [1.54, 1.807) is 11.8 Å². The van der Waals surface area contributed by atoms with E-state index >= 15 is 0 Å². The highest BCUT2D eigenvalue weighted by Gasteiger charge is 2.21. The van der Waals surface area contributed by atoms with Gasteiger partial charge in [-0.05, 0) is 12.8 Å². The number of hydrogen-bond donors (Lipinski definition) is 0. The number of carbonyl (C=O) groups is 1. The average molecular weight is 158 g/mol. The number of hydrogen-bond acceptors (Lipinski definition) is 2. The van der Waals surface area contributed by atoms with Crippen LogP contribution in [0, 0.1) is 0 Å². The van der Waals surface area contributed by atoms with E-state index in [0.29, 0.717) is 10.4 Å². The Labute approximate surface area is 66.6 Å². The van der Waals surface area contributed by atoms with Crippen LogP contribution in [0.1, 0.15) is 39.0 Å². The van der Waals surface area contributed by atoms with Crippen molar-refractivity contribution in [2.45, 2.75) is 44.3 Å². The molecule has 1 aliphatic heterocycles. The molecule has 0 saturated carbocycles. The van der Waals surface area contributed by atoms with Crippen LogP contribution in [0.3, 0.4) is 0 Å². The van der Waals surface area contributed by atoms with E-state index in [2.05, 4.69) is 6.92 Å².